The minimum absolute atomic E-state index is 0.322. The Hall–Kier alpha value is -1.86. The molecule has 0 radical (unpaired) electrons. The minimum atomic E-state index is -3.74. The number of hydrogen-bond donors (Lipinski definition) is 2. The van der Waals surface area contributed by atoms with Crippen LogP contribution in [0.2, 0.25) is 5.02 Å². The molecule has 0 saturated heterocycles. The molecule has 0 atom stereocenters. The molecule has 0 fully saturated rings. The van der Waals surface area contributed by atoms with E-state index in [2.05, 4.69) is 9.71 Å². The topological polar surface area (TPSA) is 96.4 Å². The molecule has 2 rings (SSSR count). The number of carbonyl (C=O) groups is 1. The summed E-state index contributed by atoms with van der Waals surface area (Å²) in [6, 6.07) is 6.40. The fraction of sp³-hybridized carbons (Fsp3) is 0.167. The van der Waals surface area contributed by atoms with Crippen LogP contribution in [0.15, 0.2) is 30.5 Å². The molecule has 0 saturated carbocycles. The van der Waals surface area contributed by atoms with Crippen molar-refractivity contribution in [3.63, 3.8) is 0 Å². The molecule has 0 bridgehead atoms. The van der Waals surface area contributed by atoms with Gasteiger partial charge in [-0.1, -0.05) is 11.6 Å². The Balaban J connectivity index is 2.35. The van der Waals surface area contributed by atoms with Gasteiger partial charge in [0.05, 0.1) is 28.4 Å². The molecule has 1 aromatic carbocycles. The summed E-state index contributed by atoms with van der Waals surface area (Å²) in [6.45, 7) is 0. The zero-order chi connectivity index (χ0) is 14.8. The Bertz CT molecular complexity index is 761. The van der Waals surface area contributed by atoms with Crippen LogP contribution in [0, 0.1) is 0 Å². The van der Waals surface area contributed by atoms with E-state index >= 15 is 0 Å². The van der Waals surface area contributed by atoms with Crippen LogP contribution in [0.3, 0.4) is 0 Å². The second-order valence-electron chi connectivity index (χ2n) is 4.06. The van der Waals surface area contributed by atoms with Gasteiger partial charge < -0.3 is 5.11 Å². The number of nitrogens with one attached hydrogen (secondary N) is 1. The molecule has 2 aromatic rings. The van der Waals surface area contributed by atoms with Crippen molar-refractivity contribution in [1.29, 1.82) is 0 Å². The van der Waals surface area contributed by atoms with Gasteiger partial charge in [0, 0.05) is 11.6 Å². The summed E-state index contributed by atoms with van der Waals surface area (Å²) in [7, 11) is -3.74. The van der Waals surface area contributed by atoms with Gasteiger partial charge >= 0.3 is 5.97 Å². The number of fused-ring (bicyclic) bond motifs is 1. The first-order valence-electron chi connectivity index (χ1n) is 5.64. The lowest BCUT2D eigenvalue weighted by atomic mass is 10.2. The highest BCUT2D eigenvalue weighted by molar-refractivity contribution is 7.92. The lowest BCUT2D eigenvalue weighted by molar-refractivity contribution is -0.136. The number of pyridine rings is 1. The number of benzene rings is 1. The maximum absolute atomic E-state index is 11.8. The second-order valence-corrected chi connectivity index (χ2v) is 6.31. The van der Waals surface area contributed by atoms with Crippen molar-refractivity contribution in [2.75, 3.05) is 10.5 Å². The van der Waals surface area contributed by atoms with Crippen molar-refractivity contribution in [1.82, 2.24) is 4.98 Å². The maximum atomic E-state index is 11.8. The number of carboxylic acids is 1. The molecule has 0 aliphatic heterocycles. The minimum Gasteiger partial charge on any atom is -0.481 e. The molecular weight excluding hydrogens is 304 g/mol. The number of anilines is 1. The van der Waals surface area contributed by atoms with Gasteiger partial charge in [0.2, 0.25) is 10.0 Å². The van der Waals surface area contributed by atoms with Gasteiger partial charge in [0.25, 0.3) is 0 Å². The molecule has 8 heteroatoms. The first-order chi connectivity index (χ1) is 9.39. The molecule has 1 heterocycles. The standard InChI is InChI=1S/C12H11ClN2O4S/c13-9-3-4-10(8-2-1-6-14-12(8)9)15-20(18,19)7-5-11(16)17/h1-4,6,15H,5,7H2,(H,16,17). The lowest BCUT2D eigenvalue weighted by Gasteiger charge is -2.10. The van der Waals surface area contributed by atoms with Gasteiger partial charge in [-0.15, -0.1) is 0 Å². The Labute approximate surface area is 120 Å². The van der Waals surface area contributed by atoms with Crippen molar-refractivity contribution in [3.05, 3.63) is 35.5 Å². The maximum Gasteiger partial charge on any atom is 0.304 e. The summed E-state index contributed by atoms with van der Waals surface area (Å²) in [4.78, 5) is 14.5. The van der Waals surface area contributed by atoms with E-state index in [0.717, 1.165) is 0 Å². The average molecular weight is 315 g/mol. The van der Waals surface area contributed by atoms with Gasteiger partial charge in [-0.25, -0.2) is 8.42 Å². The smallest absolute Gasteiger partial charge is 0.304 e. The molecule has 1 aromatic heterocycles. The molecule has 0 unspecified atom stereocenters. The number of aromatic nitrogens is 1. The van der Waals surface area contributed by atoms with E-state index in [-0.39, 0.29) is 0 Å². The molecule has 106 valence electrons. The predicted octanol–water partition coefficient (Wildman–Crippen LogP) is 2.10. The third-order valence-electron chi connectivity index (χ3n) is 2.57. The first kappa shape index (κ1) is 14.5. The Morgan fingerprint density at radius 2 is 2.10 bits per heavy atom. The van der Waals surface area contributed by atoms with Crippen LogP contribution in [-0.2, 0) is 14.8 Å². The number of nitrogens with zero attached hydrogens (tertiary/aromatic N) is 1. The Kier molecular flexibility index (Phi) is 4.10. The quantitative estimate of drug-likeness (QED) is 0.881. The van der Waals surface area contributed by atoms with Crippen molar-refractivity contribution < 1.29 is 18.3 Å². The van der Waals surface area contributed by atoms with Crippen LogP contribution < -0.4 is 4.72 Å². The highest BCUT2D eigenvalue weighted by Crippen LogP contribution is 2.28. The van der Waals surface area contributed by atoms with Crippen LogP contribution in [0.5, 0.6) is 0 Å². The highest BCUT2D eigenvalue weighted by atomic mass is 35.5. The summed E-state index contributed by atoms with van der Waals surface area (Å²) in [5.41, 5.74) is 0.801. The fourth-order valence-corrected chi connectivity index (χ4v) is 2.94. The third kappa shape index (κ3) is 3.37. The van der Waals surface area contributed by atoms with Crippen molar-refractivity contribution in [2.24, 2.45) is 0 Å². The summed E-state index contributed by atoms with van der Waals surface area (Å²) in [5, 5.41) is 9.50. The van der Waals surface area contributed by atoms with Gasteiger partial charge in [-0.2, -0.15) is 0 Å². The van der Waals surface area contributed by atoms with Gasteiger partial charge in [-0.05, 0) is 24.3 Å². The van der Waals surface area contributed by atoms with E-state index in [1.807, 2.05) is 0 Å². The first-order valence-corrected chi connectivity index (χ1v) is 7.67. The number of carboxylic acid groups (broad SMARTS) is 1. The molecule has 0 amide bonds. The highest BCUT2D eigenvalue weighted by Gasteiger charge is 2.15. The number of rotatable bonds is 5. The predicted molar refractivity (Wildman–Crippen MR) is 76.4 cm³/mol. The normalized spacial score (nSPS) is 11.4. The zero-order valence-electron chi connectivity index (χ0n) is 10.2. The number of halogens is 1. The fourth-order valence-electron chi connectivity index (χ4n) is 1.67. The summed E-state index contributed by atoms with van der Waals surface area (Å²) in [5.74, 6) is -1.66. The van der Waals surface area contributed by atoms with E-state index in [1.165, 1.54) is 12.1 Å². The zero-order valence-corrected chi connectivity index (χ0v) is 11.8. The summed E-state index contributed by atoms with van der Waals surface area (Å²) < 4.78 is 26.0. The average Bonchev–Trinajstić information content (AvgIpc) is 2.40. The van der Waals surface area contributed by atoms with Gasteiger partial charge in [-0.3, -0.25) is 14.5 Å². The van der Waals surface area contributed by atoms with E-state index in [9.17, 15) is 13.2 Å². The van der Waals surface area contributed by atoms with Crippen molar-refractivity contribution >= 4 is 44.2 Å². The van der Waals surface area contributed by atoms with Crippen LogP contribution >= 0.6 is 11.6 Å². The Morgan fingerprint density at radius 3 is 2.80 bits per heavy atom. The van der Waals surface area contributed by atoms with Crippen LogP contribution in [0.4, 0.5) is 5.69 Å². The van der Waals surface area contributed by atoms with Crippen molar-refractivity contribution in [2.45, 2.75) is 6.42 Å². The summed E-state index contributed by atoms with van der Waals surface area (Å²) in [6.07, 6.45) is 1.09. The summed E-state index contributed by atoms with van der Waals surface area (Å²) >= 11 is 5.99. The number of sulfonamides is 1. The second kappa shape index (κ2) is 5.64. The molecule has 0 aliphatic rings. The van der Waals surface area contributed by atoms with Crippen LogP contribution in [-0.4, -0.2) is 30.2 Å². The molecule has 6 nitrogen and oxygen atoms in total. The number of aliphatic carboxylic acids is 1. The molecule has 2 N–H and O–H groups in total. The third-order valence-corrected chi connectivity index (χ3v) is 4.15. The van der Waals surface area contributed by atoms with Crippen molar-refractivity contribution in [3.8, 4) is 0 Å². The van der Waals surface area contributed by atoms with Crippen LogP contribution in [0.1, 0.15) is 6.42 Å². The lowest BCUT2D eigenvalue weighted by Crippen LogP contribution is -2.19. The Morgan fingerprint density at radius 1 is 1.35 bits per heavy atom. The monoisotopic (exact) mass is 314 g/mol. The van der Waals surface area contributed by atoms with Gasteiger partial charge in [0.1, 0.15) is 0 Å². The van der Waals surface area contributed by atoms with E-state index < -0.39 is 28.2 Å². The molecular formula is C12H11ClN2O4S. The van der Waals surface area contributed by atoms with E-state index in [4.69, 9.17) is 16.7 Å². The molecule has 20 heavy (non-hydrogen) atoms. The largest absolute Gasteiger partial charge is 0.481 e. The SMILES string of the molecule is O=C(O)CCS(=O)(=O)Nc1ccc(Cl)c2ncccc12. The van der Waals surface area contributed by atoms with Gasteiger partial charge in [0.15, 0.2) is 0 Å². The molecule has 0 spiro atoms. The van der Waals surface area contributed by atoms with Crippen LogP contribution in [0.25, 0.3) is 10.9 Å². The number of hydrogen-bond acceptors (Lipinski definition) is 4. The molecule has 0 aliphatic carbocycles. The van der Waals surface area contributed by atoms with E-state index in [0.29, 0.717) is 21.6 Å². The van der Waals surface area contributed by atoms with E-state index in [1.54, 1.807) is 18.3 Å².